The fourth-order valence-corrected chi connectivity index (χ4v) is 1.19. The van der Waals surface area contributed by atoms with Crippen LogP contribution in [0.1, 0.15) is 28.4 Å². The van der Waals surface area contributed by atoms with E-state index in [9.17, 15) is 31.1 Å². The Morgan fingerprint density at radius 3 is 2.10 bits per heavy atom. The Bertz CT molecular complexity index is 514. The van der Waals surface area contributed by atoms with Gasteiger partial charge in [0.2, 0.25) is 5.82 Å². The van der Waals surface area contributed by atoms with Crippen LogP contribution >= 0.6 is 0 Å². The number of carbonyl (C=O) groups is 1. The van der Waals surface area contributed by atoms with Gasteiger partial charge in [-0.1, -0.05) is 0 Å². The van der Waals surface area contributed by atoms with Crippen LogP contribution in [0.5, 0.6) is 0 Å². The van der Waals surface area contributed by atoms with E-state index in [4.69, 9.17) is 5.73 Å². The van der Waals surface area contributed by atoms with Gasteiger partial charge in [-0.25, -0.2) is 4.98 Å². The van der Waals surface area contributed by atoms with Crippen LogP contribution in [0.15, 0.2) is 0 Å². The lowest BCUT2D eigenvalue weighted by Gasteiger charge is -2.13. The van der Waals surface area contributed by atoms with Crippen LogP contribution in [0.4, 0.5) is 26.3 Å². The van der Waals surface area contributed by atoms with E-state index in [0.717, 1.165) is 0 Å². The summed E-state index contributed by atoms with van der Waals surface area (Å²) < 4.78 is 74.9. The largest absolute Gasteiger partial charge is 0.437 e. The average molecular weight is 317 g/mol. The van der Waals surface area contributed by atoms with Crippen molar-refractivity contribution in [2.24, 2.45) is 5.73 Å². The Hall–Kier alpha value is -1.98. The van der Waals surface area contributed by atoms with Crippen molar-refractivity contribution in [3.05, 3.63) is 17.2 Å². The fraction of sp³-hybridized carbons (Fsp3) is 0.556. The third kappa shape index (κ3) is 4.51. The number of carbonyl (C=O) groups excluding carboxylic acids is 1. The quantitative estimate of drug-likeness (QED) is 0.638. The van der Waals surface area contributed by atoms with Gasteiger partial charge in [0, 0.05) is 6.54 Å². The minimum atomic E-state index is -5.42. The number of alkyl halides is 6. The molecular weight excluding hydrogens is 308 g/mol. The summed E-state index contributed by atoms with van der Waals surface area (Å²) in [6.07, 6.45) is -10.5. The normalized spacial score (nSPS) is 12.3. The first kappa shape index (κ1) is 17.1. The molecule has 0 aromatic carbocycles. The van der Waals surface area contributed by atoms with Crippen molar-refractivity contribution in [2.75, 3.05) is 13.1 Å². The Labute approximate surface area is 113 Å². The molecule has 0 atom stereocenters. The summed E-state index contributed by atoms with van der Waals surface area (Å²) in [6, 6.07) is 0. The van der Waals surface area contributed by atoms with Crippen molar-refractivity contribution in [3.8, 4) is 0 Å². The molecule has 1 aromatic heterocycles. The van der Waals surface area contributed by atoms with Crippen molar-refractivity contribution < 1.29 is 31.1 Å². The zero-order chi connectivity index (χ0) is 16.3. The summed E-state index contributed by atoms with van der Waals surface area (Å²) in [4.78, 5) is 14.0. The standard InChI is InChI=1S/C9H9F6N5O/c10-8(11,12)4-5(9(13,14)15)19-20-6(18-4)7(21)17-3-1-2-16/h1-3,16H2,(H,17,21). The molecule has 0 radical (unpaired) electrons. The summed E-state index contributed by atoms with van der Waals surface area (Å²) in [5.41, 5.74) is 0.525. The van der Waals surface area contributed by atoms with E-state index in [1.807, 2.05) is 0 Å². The molecule has 0 aliphatic heterocycles. The average Bonchev–Trinajstić information content (AvgIpc) is 2.36. The van der Waals surface area contributed by atoms with E-state index < -0.39 is 35.5 Å². The number of amides is 1. The predicted octanol–water partition coefficient (Wildman–Crippen LogP) is 0.988. The molecule has 1 rings (SSSR count). The molecule has 6 nitrogen and oxygen atoms in total. The molecule has 0 saturated heterocycles. The van der Waals surface area contributed by atoms with Crippen molar-refractivity contribution >= 4 is 5.91 Å². The molecule has 0 spiro atoms. The highest BCUT2D eigenvalue weighted by Crippen LogP contribution is 2.37. The Balaban J connectivity index is 3.14. The van der Waals surface area contributed by atoms with Crippen LogP contribution in [0.2, 0.25) is 0 Å². The molecule has 0 aliphatic carbocycles. The molecule has 0 unspecified atom stereocenters. The van der Waals surface area contributed by atoms with Gasteiger partial charge in [0.05, 0.1) is 0 Å². The first-order valence-corrected chi connectivity index (χ1v) is 5.44. The number of hydrogen-bond donors (Lipinski definition) is 2. The van der Waals surface area contributed by atoms with Crippen molar-refractivity contribution in [1.29, 1.82) is 0 Å². The van der Waals surface area contributed by atoms with Gasteiger partial charge in [-0.15, -0.1) is 10.2 Å². The predicted molar refractivity (Wildman–Crippen MR) is 55.8 cm³/mol. The highest BCUT2D eigenvalue weighted by atomic mass is 19.4. The molecule has 0 aliphatic rings. The number of rotatable bonds is 4. The number of nitrogens with one attached hydrogen (secondary N) is 1. The second kappa shape index (κ2) is 6.20. The highest BCUT2D eigenvalue weighted by molar-refractivity contribution is 5.90. The summed E-state index contributed by atoms with van der Waals surface area (Å²) in [5, 5.41) is 7.30. The van der Waals surface area contributed by atoms with Crippen LogP contribution < -0.4 is 11.1 Å². The minimum absolute atomic E-state index is 0.0149. The molecular formula is C9H9F6N5O. The third-order valence-corrected chi connectivity index (χ3v) is 2.09. The zero-order valence-electron chi connectivity index (χ0n) is 10.2. The maximum atomic E-state index is 12.6. The van der Waals surface area contributed by atoms with Gasteiger partial charge in [-0.05, 0) is 13.0 Å². The maximum Gasteiger partial charge on any atom is 0.437 e. The van der Waals surface area contributed by atoms with E-state index in [1.165, 1.54) is 0 Å². The molecule has 1 amide bonds. The van der Waals surface area contributed by atoms with Crippen LogP contribution in [0.3, 0.4) is 0 Å². The van der Waals surface area contributed by atoms with Gasteiger partial charge in [-0.2, -0.15) is 26.3 Å². The van der Waals surface area contributed by atoms with E-state index in [2.05, 4.69) is 20.5 Å². The number of aromatic nitrogens is 3. The lowest BCUT2D eigenvalue weighted by Crippen LogP contribution is -2.30. The van der Waals surface area contributed by atoms with Crippen LogP contribution in [-0.2, 0) is 12.4 Å². The minimum Gasteiger partial charge on any atom is -0.349 e. The van der Waals surface area contributed by atoms with E-state index in [1.54, 1.807) is 0 Å². The van der Waals surface area contributed by atoms with Gasteiger partial charge in [-0.3, -0.25) is 4.79 Å². The monoisotopic (exact) mass is 317 g/mol. The maximum absolute atomic E-state index is 12.6. The number of nitrogens with zero attached hydrogens (tertiary/aromatic N) is 3. The van der Waals surface area contributed by atoms with Gasteiger partial charge in [0.1, 0.15) is 0 Å². The van der Waals surface area contributed by atoms with Gasteiger partial charge < -0.3 is 11.1 Å². The molecule has 12 heteroatoms. The van der Waals surface area contributed by atoms with E-state index in [0.29, 0.717) is 6.42 Å². The second-order valence-corrected chi connectivity index (χ2v) is 3.73. The van der Waals surface area contributed by atoms with E-state index in [-0.39, 0.29) is 13.1 Å². The number of hydrogen-bond acceptors (Lipinski definition) is 5. The SMILES string of the molecule is NCCCNC(=O)c1nnc(C(F)(F)F)c(C(F)(F)F)n1. The van der Waals surface area contributed by atoms with Gasteiger partial charge in [0.15, 0.2) is 11.4 Å². The van der Waals surface area contributed by atoms with Crippen LogP contribution in [-0.4, -0.2) is 34.2 Å². The lowest BCUT2D eigenvalue weighted by atomic mass is 10.3. The molecule has 0 bridgehead atoms. The molecule has 1 heterocycles. The lowest BCUT2D eigenvalue weighted by molar-refractivity contribution is -0.168. The number of nitrogens with two attached hydrogens (primary N) is 1. The number of halogens is 6. The smallest absolute Gasteiger partial charge is 0.349 e. The molecule has 21 heavy (non-hydrogen) atoms. The molecule has 0 saturated carbocycles. The summed E-state index contributed by atoms with van der Waals surface area (Å²) in [6.45, 7) is 0.223. The molecule has 1 aromatic rings. The van der Waals surface area contributed by atoms with Gasteiger partial charge >= 0.3 is 12.4 Å². The molecule has 0 fully saturated rings. The van der Waals surface area contributed by atoms with Gasteiger partial charge in [0.25, 0.3) is 5.91 Å². The summed E-state index contributed by atoms with van der Waals surface area (Å²) in [7, 11) is 0. The third-order valence-electron chi connectivity index (χ3n) is 2.09. The molecule has 3 N–H and O–H groups in total. The first-order valence-electron chi connectivity index (χ1n) is 5.44. The van der Waals surface area contributed by atoms with Crippen LogP contribution in [0, 0.1) is 0 Å². The highest BCUT2D eigenvalue weighted by Gasteiger charge is 2.47. The van der Waals surface area contributed by atoms with Crippen molar-refractivity contribution in [1.82, 2.24) is 20.5 Å². The second-order valence-electron chi connectivity index (χ2n) is 3.73. The molecule has 118 valence electrons. The topological polar surface area (TPSA) is 93.8 Å². The fourth-order valence-electron chi connectivity index (χ4n) is 1.19. The Kier molecular flexibility index (Phi) is 5.04. The van der Waals surface area contributed by atoms with Crippen LogP contribution in [0.25, 0.3) is 0 Å². The van der Waals surface area contributed by atoms with Crippen molar-refractivity contribution in [3.63, 3.8) is 0 Å². The Morgan fingerprint density at radius 1 is 1.05 bits per heavy atom. The summed E-state index contributed by atoms with van der Waals surface area (Å²) >= 11 is 0. The van der Waals surface area contributed by atoms with E-state index >= 15 is 0 Å². The zero-order valence-corrected chi connectivity index (χ0v) is 10.2. The first-order chi connectivity index (χ1) is 9.57. The Morgan fingerprint density at radius 2 is 1.62 bits per heavy atom. The summed E-state index contributed by atoms with van der Waals surface area (Å²) in [5.74, 6) is -2.28. The van der Waals surface area contributed by atoms with Crippen molar-refractivity contribution in [2.45, 2.75) is 18.8 Å².